The molecule has 7 nitrogen and oxygen atoms in total. The van der Waals surface area contributed by atoms with Crippen molar-refractivity contribution < 1.29 is 0 Å². The van der Waals surface area contributed by atoms with E-state index in [1.54, 1.807) is 12.4 Å². The maximum atomic E-state index is 6.22. The van der Waals surface area contributed by atoms with Gasteiger partial charge in [-0.05, 0) is 25.6 Å². The van der Waals surface area contributed by atoms with Gasteiger partial charge in [0, 0.05) is 6.54 Å². The van der Waals surface area contributed by atoms with Crippen LogP contribution in [-0.4, -0.2) is 44.9 Å². The lowest BCUT2D eigenvalue weighted by molar-refractivity contribution is 0.366. The molecule has 0 bridgehead atoms. The maximum absolute atomic E-state index is 6.22. The lowest BCUT2D eigenvalue weighted by Gasteiger charge is -2.17. The standard InChI is InChI=1S/C10H16ClN7S/c1-17(2)3-4-18-10(7(11)5-14-18)9(15-12)8-6-13-16-19-8/h5-6,9,15H,3-4,12H2,1-2H3. The molecule has 1 atom stereocenters. The molecule has 0 saturated carbocycles. The van der Waals surface area contributed by atoms with Gasteiger partial charge in [0.1, 0.15) is 6.04 Å². The number of hydrazine groups is 1. The summed E-state index contributed by atoms with van der Waals surface area (Å²) in [4.78, 5) is 2.98. The summed E-state index contributed by atoms with van der Waals surface area (Å²) < 4.78 is 5.70. The van der Waals surface area contributed by atoms with E-state index < -0.39 is 0 Å². The van der Waals surface area contributed by atoms with Gasteiger partial charge >= 0.3 is 0 Å². The first kappa shape index (κ1) is 14.4. The topological polar surface area (TPSA) is 84.9 Å². The quantitative estimate of drug-likeness (QED) is 0.597. The summed E-state index contributed by atoms with van der Waals surface area (Å²) in [5.41, 5.74) is 3.58. The van der Waals surface area contributed by atoms with Crippen molar-refractivity contribution in [2.24, 2.45) is 5.84 Å². The normalized spacial score (nSPS) is 13.1. The molecule has 19 heavy (non-hydrogen) atoms. The van der Waals surface area contributed by atoms with Crippen LogP contribution in [0.2, 0.25) is 5.02 Å². The first-order chi connectivity index (χ1) is 9.13. The molecular formula is C10H16ClN7S. The number of aromatic nitrogens is 4. The van der Waals surface area contributed by atoms with E-state index in [4.69, 9.17) is 17.4 Å². The molecule has 0 aliphatic heterocycles. The molecule has 3 N–H and O–H groups in total. The Balaban J connectivity index is 2.29. The molecule has 0 aliphatic carbocycles. The van der Waals surface area contributed by atoms with Crippen molar-refractivity contribution >= 4 is 23.1 Å². The van der Waals surface area contributed by atoms with Gasteiger partial charge in [0.15, 0.2) is 0 Å². The van der Waals surface area contributed by atoms with Gasteiger partial charge in [-0.2, -0.15) is 5.10 Å². The Hall–Kier alpha value is -1.06. The van der Waals surface area contributed by atoms with Crippen molar-refractivity contribution in [3.63, 3.8) is 0 Å². The summed E-state index contributed by atoms with van der Waals surface area (Å²) in [6, 6.07) is -0.253. The number of likely N-dealkylation sites (N-methyl/N-ethyl adjacent to an activating group) is 1. The Kier molecular flexibility index (Phi) is 4.83. The second kappa shape index (κ2) is 6.40. The lowest BCUT2D eigenvalue weighted by atomic mass is 10.2. The van der Waals surface area contributed by atoms with E-state index in [-0.39, 0.29) is 6.04 Å². The summed E-state index contributed by atoms with van der Waals surface area (Å²) in [5.74, 6) is 5.64. The predicted molar refractivity (Wildman–Crippen MR) is 74.9 cm³/mol. The monoisotopic (exact) mass is 301 g/mol. The molecule has 1 unspecified atom stereocenters. The zero-order chi connectivity index (χ0) is 13.8. The minimum Gasteiger partial charge on any atom is -0.308 e. The van der Waals surface area contributed by atoms with E-state index in [1.165, 1.54) is 11.5 Å². The second-order valence-corrected chi connectivity index (χ2v) is 5.55. The summed E-state index contributed by atoms with van der Waals surface area (Å²) in [5, 5.41) is 8.70. The van der Waals surface area contributed by atoms with E-state index in [1.807, 2.05) is 18.8 Å². The molecule has 0 aromatic carbocycles. The molecule has 0 fully saturated rings. The van der Waals surface area contributed by atoms with E-state index in [0.717, 1.165) is 23.7 Å². The second-order valence-electron chi connectivity index (χ2n) is 4.32. The van der Waals surface area contributed by atoms with E-state index in [0.29, 0.717) is 5.02 Å². The Bertz CT molecular complexity index is 510. The highest BCUT2D eigenvalue weighted by molar-refractivity contribution is 7.05. The predicted octanol–water partition coefficient (Wildman–Crippen LogP) is 0.502. The fraction of sp³-hybridized carbons (Fsp3) is 0.500. The summed E-state index contributed by atoms with van der Waals surface area (Å²) in [7, 11) is 4.02. The van der Waals surface area contributed by atoms with Gasteiger partial charge in [-0.15, -0.1) is 5.10 Å². The van der Waals surface area contributed by atoms with E-state index in [2.05, 4.69) is 25.0 Å². The minimum atomic E-state index is -0.253. The zero-order valence-electron chi connectivity index (χ0n) is 10.7. The van der Waals surface area contributed by atoms with Crippen LogP contribution in [-0.2, 0) is 6.54 Å². The molecule has 9 heteroatoms. The van der Waals surface area contributed by atoms with Crippen molar-refractivity contribution in [2.45, 2.75) is 12.6 Å². The van der Waals surface area contributed by atoms with Gasteiger partial charge in [-0.1, -0.05) is 16.1 Å². The van der Waals surface area contributed by atoms with Gasteiger partial charge in [0.25, 0.3) is 0 Å². The van der Waals surface area contributed by atoms with Gasteiger partial charge in [-0.25, -0.2) is 5.43 Å². The Labute approximate surface area is 120 Å². The first-order valence-corrected chi connectivity index (χ1v) is 6.88. The molecule has 0 aliphatic rings. The van der Waals surface area contributed by atoms with Gasteiger partial charge in [-0.3, -0.25) is 10.5 Å². The molecule has 0 radical (unpaired) electrons. The molecule has 0 spiro atoms. The van der Waals surface area contributed by atoms with Crippen molar-refractivity contribution in [1.82, 2.24) is 29.7 Å². The van der Waals surface area contributed by atoms with Crippen molar-refractivity contribution in [1.29, 1.82) is 0 Å². The number of rotatable bonds is 6. The van der Waals surface area contributed by atoms with Crippen LogP contribution < -0.4 is 11.3 Å². The Morgan fingerprint density at radius 3 is 2.89 bits per heavy atom. The van der Waals surface area contributed by atoms with Crippen LogP contribution in [0.5, 0.6) is 0 Å². The highest BCUT2D eigenvalue weighted by Crippen LogP contribution is 2.28. The fourth-order valence-electron chi connectivity index (χ4n) is 1.73. The fourth-order valence-corrected chi connectivity index (χ4v) is 2.55. The first-order valence-electron chi connectivity index (χ1n) is 5.72. The van der Waals surface area contributed by atoms with Gasteiger partial charge in [0.05, 0.1) is 34.5 Å². The number of nitrogens with one attached hydrogen (secondary N) is 1. The number of hydrogen-bond donors (Lipinski definition) is 2. The van der Waals surface area contributed by atoms with Crippen LogP contribution in [0, 0.1) is 0 Å². The lowest BCUT2D eigenvalue weighted by Crippen LogP contribution is -2.31. The van der Waals surface area contributed by atoms with Crippen molar-refractivity contribution in [3.8, 4) is 0 Å². The number of halogens is 1. The molecular weight excluding hydrogens is 286 g/mol. The summed E-state index contributed by atoms with van der Waals surface area (Å²) in [6.07, 6.45) is 3.31. The van der Waals surface area contributed by atoms with E-state index >= 15 is 0 Å². The van der Waals surface area contributed by atoms with Crippen molar-refractivity contribution in [2.75, 3.05) is 20.6 Å². The average molecular weight is 302 g/mol. The zero-order valence-corrected chi connectivity index (χ0v) is 12.3. The van der Waals surface area contributed by atoms with Crippen LogP contribution in [0.3, 0.4) is 0 Å². The largest absolute Gasteiger partial charge is 0.308 e. The molecule has 2 aromatic heterocycles. The third kappa shape index (κ3) is 3.28. The highest BCUT2D eigenvalue weighted by Gasteiger charge is 2.22. The SMILES string of the molecule is CN(C)CCn1ncc(Cl)c1C(NN)c1cnns1. The highest BCUT2D eigenvalue weighted by atomic mass is 35.5. The summed E-state index contributed by atoms with van der Waals surface area (Å²) in [6.45, 7) is 1.60. The number of hydrogen-bond acceptors (Lipinski definition) is 7. The van der Waals surface area contributed by atoms with Gasteiger partial charge < -0.3 is 4.90 Å². The maximum Gasteiger partial charge on any atom is 0.102 e. The van der Waals surface area contributed by atoms with Crippen LogP contribution in [0.1, 0.15) is 16.6 Å². The molecule has 2 heterocycles. The molecule has 2 rings (SSSR count). The smallest absolute Gasteiger partial charge is 0.102 e. The summed E-state index contributed by atoms with van der Waals surface area (Å²) >= 11 is 7.50. The van der Waals surface area contributed by atoms with Crippen molar-refractivity contribution in [3.05, 3.63) is 28.0 Å². The molecule has 104 valence electrons. The van der Waals surface area contributed by atoms with Crippen LogP contribution in [0.25, 0.3) is 0 Å². The number of nitrogens with two attached hydrogens (primary N) is 1. The minimum absolute atomic E-state index is 0.253. The van der Waals surface area contributed by atoms with Crippen LogP contribution >= 0.6 is 23.1 Å². The molecule has 0 amide bonds. The third-order valence-corrected chi connectivity index (χ3v) is 3.71. The average Bonchev–Trinajstić information content (AvgIpc) is 3.00. The third-order valence-electron chi connectivity index (χ3n) is 2.70. The Morgan fingerprint density at radius 2 is 2.32 bits per heavy atom. The van der Waals surface area contributed by atoms with Crippen LogP contribution in [0.4, 0.5) is 0 Å². The van der Waals surface area contributed by atoms with E-state index in [9.17, 15) is 0 Å². The number of nitrogens with zero attached hydrogens (tertiary/aromatic N) is 5. The molecule has 0 saturated heterocycles. The van der Waals surface area contributed by atoms with Gasteiger partial charge in [0.2, 0.25) is 0 Å². The Morgan fingerprint density at radius 1 is 1.53 bits per heavy atom. The van der Waals surface area contributed by atoms with Crippen LogP contribution in [0.15, 0.2) is 12.4 Å². The molecule has 2 aromatic rings.